The second kappa shape index (κ2) is 6.62. The molecule has 0 radical (unpaired) electrons. The van der Waals surface area contributed by atoms with E-state index >= 15 is 0 Å². The zero-order chi connectivity index (χ0) is 15.3. The van der Waals surface area contributed by atoms with Crippen LogP contribution in [0.25, 0.3) is 0 Å². The van der Waals surface area contributed by atoms with Gasteiger partial charge >= 0.3 is 6.18 Å². The number of aromatic amines is 1. The van der Waals surface area contributed by atoms with Crippen molar-refractivity contribution in [2.24, 2.45) is 5.73 Å². The van der Waals surface area contributed by atoms with E-state index in [0.717, 1.165) is 12.5 Å². The van der Waals surface area contributed by atoms with Crippen molar-refractivity contribution in [1.29, 1.82) is 0 Å². The first-order chi connectivity index (χ1) is 10.0. The number of halogens is 3. The van der Waals surface area contributed by atoms with Gasteiger partial charge in [0.25, 0.3) is 0 Å². The predicted octanol–water partition coefficient (Wildman–Crippen LogP) is 2.78. The third-order valence-corrected chi connectivity index (χ3v) is 3.10. The number of nitrogens with one attached hydrogen (secondary N) is 2. The molecule has 0 saturated heterocycles. The lowest BCUT2D eigenvalue weighted by Gasteiger charge is -2.13. The molecule has 2 aromatic rings. The highest BCUT2D eigenvalue weighted by atomic mass is 19.4. The number of benzene rings is 1. The van der Waals surface area contributed by atoms with Crippen molar-refractivity contribution in [1.82, 2.24) is 10.2 Å². The summed E-state index contributed by atoms with van der Waals surface area (Å²) in [7, 11) is 0. The summed E-state index contributed by atoms with van der Waals surface area (Å²) in [6.07, 6.45) is -1.86. The first kappa shape index (κ1) is 15.4. The van der Waals surface area contributed by atoms with E-state index in [2.05, 4.69) is 15.5 Å². The lowest BCUT2D eigenvalue weighted by Crippen LogP contribution is -2.11. The number of nitrogens with zero attached hydrogens (tertiary/aromatic N) is 1. The third kappa shape index (κ3) is 3.98. The normalized spacial score (nSPS) is 11.6. The van der Waals surface area contributed by atoms with Crippen LogP contribution in [-0.2, 0) is 12.6 Å². The quantitative estimate of drug-likeness (QED) is 0.718. The van der Waals surface area contributed by atoms with Gasteiger partial charge in [0.2, 0.25) is 0 Å². The summed E-state index contributed by atoms with van der Waals surface area (Å²) >= 11 is 0. The van der Waals surface area contributed by atoms with Gasteiger partial charge in [-0.3, -0.25) is 5.10 Å². The molecule has 21 heavy (non-hydrogen) atoms. The van der Waals surface area contributed by atoms with Gasteiger partial charge in [-0.2, -0.15) is 18.3 Å². The number of hydrogen-bond acceptors (Lipinski definition) is 3. The number of aromatic nitrogens is 2. The van der Waals surface area contributed by atoms with Crippen LogP contribution in [0.4, 0.5) is 18.9 Å². The summed E-state index contributed by atoms with van der Waals surface area (Å²) in [5.41, 5.74) is 6.35. The van der Waals surface area contributed by atoms with Gasteiger partial charge in [-0.15, -0.1) is 0 Å². The van der Waals surface area contributed by atoms with Crippen LogP contribution in [0.5, 0.6) is 0 Å². The van der Waals surface area contributed by atoms with Crippen molar-refractivity contribution in [2.75, 3.05) is 18.4 Å². The fraction of sp³-hybridized carbons (Fsp3) is 0.357. The summed E-state index contributed by atoms with van der Waals surface area (Å²) in [6.45, 7) is 1.21. The molecule has 0 bridgehead atoms. The molecule has 1 aromatic carbocycles. The van der Waals surface area contributed by atoms with Crippen LogP contribution in [-0.4, -0.2) is 23.3 Å². The standard InChI is InChI=1S/C14H17F3N4/c15-14(16,17)11-5-2-1-4-10(11)8-12-13(9-20-21-12)19-7-3-6-18/h1-2,4-5,9,19H,3,6-8,18H2,(H,20,21). The van der Waals surface area contributed by atoms with Crippen molar-refractivity contribution in [2.45, 2.75) is 19.0 Å². The molecule has 1 heterocycles. The van der Waals surface area contributed by atoms with Crippen LogP contribution >= 0.6 is 0 Å². The van der Waals surface area contributed by atoms with E-state index in [4.69, 9.17) is 5.73 Å². The molecule has 0 atom stereocenters. The van der Waals surface area contributed by atoms with E-state index in [1.165, 1.54) is 12.1 Å². The molecule has 114 valence electrons. The largest absolute Gasteiger partial charge is 0.416 e. The molecule has 7 heteroatoms. The molecular weight excluding hydrogens is 281 g/mol. The molecule has 0 unspecified atom stereocenters. The van der Waals surface area contributed by atoms with Crippen LogP contribution in [0.1, 0.15) is 23.2 Å². The van der Waals surface area contributed by atoms with Crippen molar-refractivity contribution in [3.63, 3.8) is 0 Å². The summed E-state index contributed by atoms with van der Waals surface area (Å²) in [6, 6.07) is 5.56. The van der Waals surface area contributed by atoms with Gasteiger partial charge in [0.05, 0.1) is 23.1 Å². The van der Waals surface area contributed by atoms with Crippen LogP contribution in [0.2, 0.25) is 0 Å². The molecule has 4 nitrogen and oxygen atoms in total. The zero-order valence-electron chi connectivity index (χ0n) is 11.4. The van der Waals surface area contributed by atoms with Gasteiger partial charge in [0.15, 0.2) is 0 Å². The van der Waals surface area contributed by atoms with E-state index in [0.29, 0.717) is 24.5 Å². The van der Waals surface area contributed by atoms with E-state index < -0.39 is 11.7 Å². The maximum atomic E-state index is 13.0. The molecule has 0 amide bonds. The number of anilines is 1. The van der Waals surface area contributed by atoms with Crippen LogP contribution in [0, 0.1) is 0 Å². The molecular formula is C14H17F3N4. The van der Waals surface area contributed by atoms with Gasteiger partial charge < -0.3 is 11.1 Å². The van der Waals surface area contributed by atoms with Crippen molar-refractivity contribution < 1.29 is 13.2 Å². The first-order valence-corrected chi connectivity index (χ1v) is 6.63. The smallest absolute Gasteiger partial charge is 0.382 e. The number of alkyl halides is 3. The number of nitrogens with two attached hydrogens (primary N) is 1. The van der Waals surface area contributed by atoms with Crippen LogP contribution in [0.3, 0.4) is 0 Å². The van der Waals surface area contributed by atoms with E-state index in [9.17, 15) is 13.2 Å². The molecule has 0 spiro atoms. The molecule has 1 aromatic heterocycles. The number of H-pyrrole nitrogens is 1. The average molecular weight is 298 g/mol. The highest BCUT2D eigenvalue weighted by Gasteiger charge is 2.33. The Bertz CT molecular complexity index is 578. The van der Waals surface area contributed by atoms with Gasteiger partial charge in [0, 0.05) is 13.0 Å². The van der Waals surface area contributed by atoms with E-state index in [-0.39, 0.29) is 12.0 Å². The van der Waals surface area contributed by atoms with Crippen molar-refractivity contribution in [3.8, 4) is 0 Å². The van der Waals surface area contributed by atoms with Gasteiger partial charge in [-0.05, 0) is 24.6 Å². The Hall–Kier alpha value is -2.02. The maximum absolute atomic E-state index is 13.0. The Morgan fingerprint density at radius 1 is 1.24 bits per heavy atom. The summed E-state index contributed by atoms with van der Waals surface area (Å²) in [4.78, 5) is 0. The maximum Gasteiger partial charge on any atom is 0.416 e. The second-order valence-electron chi connectivity index (χ2n) is 4.66. The minimum atomic E-state index is -4.36. The highest BCUT2D eigenvalue weighted by Crippen LogP contribution is 2.33. The lowest BCUT2D eigenvalue weighted by atomic mass is 10.0. The first-order valence-electron chi connectivity index (χ1n) is 6.63. The molecule has 0 fully saturated rings. The SMILES string of the molecule is NCCCNc1cn[nH]c1Cc1ccccc1C(F)(F)F. The second-order valence-corrected chi connectivity index (χ2v) is 4.66. The molecule has 0 aliphatic carbocycles. The third-order valence-electron chi connectivity index (χ3n) is 3.10. The van der Waals surface area contributed by atoms with Gasteiger partial charge in [0.1, 0.15) is 0 Å². The fourth-order valence-electron chi connectivity index (χ4n) is 2.07. The number of rotatable bonds is 6. The summed E-state index contributed by atoms with van der Waals surface area (Å²) in [5, 5.41) is 9.76. The van der Waals surface area contributed by atoms with Gasteiger partial charge in [-0.1, -0.05) is 18.2 Å². The van der Waals surface area contributed by atoms with Crippen LogP contribution < -0.4 is 11.1 Å². The molecule has 0 aliphatic rings. The Morgan fingerprint density at radius 2 is 2.00 bits per heavy atom. The topological polar surface area (TPSA) is 66.7 Å². The highest BCUT2D eigenvalue weighted by molar-refractivity contribution is 5.48. The minimum absolute atomic E-state index is 0.140. The summed E-state index contributed by atoms with van der Waals surface area (Å²) < 4.78 is 38.9. The Labute approximate surface area is 120 Å². The Balaban J connectivity index is 2.18. The lowest BCUT2D eigenvalue weighted by molar-refractivity contribution is -0.138. The Morgan fingerprint density at radius 3 is 2.71 bits per heavy atom. The Kier molecular flexibility index (Phi) is 4.85. The predicted molar refractivity (Wildman–Crippen MR) is 75.0 cm³/mol. The molecule has 0 aliphatic heterocycles. The number of hydrogen-bond donors (Lipinski definition) is 3. The van der Waals surface area contributed by atoms with E-state index in [1.54, 1.807) is 12.3 Å². The zero-order valence-corrected chi connectivity index (χ0v) is 11.4. The van der Waals surface area contributed by atoms with Crippen molar-refractivity contribution >= 4 is 5.69 Å². The minimum Gasteiger partial charge on any atom is -0.382 e. The molecule has 2 rings (SSSR count). The fourth-order valence-corrected chi connectivity index (χ4v) is 2.07. The molecule has 0 saturated carbocycles. The molecule has 4 N–H and O–H groups in total. The van der Waals surface area contributed by atoms with Gasteiger partial charge in [-0.25, -0.2) is 0 Å². The summed E-state index contributed by atoms with van der Waals surface area (Å²) in [5.74, 6) is 0. The average Bonchev–Trinajstić information content (AvgIpc) is 2.86. The van der Waals surface area contributed by atoms with Crippen molar-refractivity contribution in [3.05, 3.63) is 47.3 Å². The van der Waals surface area contributed by atoms with Crippen LogP contribution in [0.15, 0.2) is 30.5 Å². The van der Waals surface area contributed by atoms with E-state index in [1.807, 2.05) is 0 Å². The monoisotopic (exact) mass is 298 g/mol.